The van der Waals surface area contributed by atoms with Crippen LogP contribution in [0.15, 0.2) is 132 Å². The van der Waals surface area contributed by atoms with E-state index >= 15 is 0 Å². The predicted molar refractivity (Wildman–Crippen MR) is 234 cm³/mol. The van der Waals surface area contributed by atoms with E-state index in [1.807, 2.05) is 6.07 Å². The second-order valence-corrected chi connectivity index (χ2v) is 20.0. The molecule has 1 atom stereocenters. The zero-order valence-corrected chi connectivity index (χ0v) is 39.4. The Morgan fingerprint density at radius 2 is 0.590 bits per heavy atom. The van der Waals surface area contributed by atoms with Gasteiger partial charge in [0.05, 0.1) is 44.5 Å². The highest BCUT2D eigenvalue weighted by Crippen LogP contribution is 2.41. The summed E-state index contributed by atoms with van der Waals surface area (Å²) in [4.78, 5) is 24.0. The molecule has 0 saturated heterocycles. The number of hydrogen-bond acceptors (Lipinski definition) is 3. The van der Waals surface area contributed by atoms with Gasteiger partial charge in [0.1, 0.15) is 22.3 Å². The third-order valence-electron chi connectivity index (χ3n) is 11.7. The van der Waals surface area contributed by atoms with Crippen molar-refractivity contribution in [1.82, 2.24) is 0 Å². The molecule has 0 aromatic heterocycles. The second kappa shape index (κ2) is 21.1. The van der Waals surface area contributed by atoms with Crippen molar-refractivity contribution >= 4 is 49.5 Å². The zero-order chi connectivity index (χ0) is 59.4. The van der Waals surface area contributed by atoms with E-state index in [1.54, 1.807) is 54.8 Å². The Morgan fingerprint density at radius 1 is 0.359 bits per heavy atom. The highest BCUT2D eigenvalue weighted by Gasteiger charge is 2.47. The Hall–Kier alpha value is -6.81. The first kappa shape index (κ1) is 62.0. The summed E-state index contributed by atoms with van der Waals surface area (Å²) in [5.41, 5.74) is -29.1. The van der Waals surface area contributed by atoms with Gasteiger partial charge >= 0.3 is 49.4 Å². The zero-order valence-electron chi connectivity index (χ0n) is 38.6. The molecule has 0 aliphatic rings. The van der Waals surface area contributed by atoms with Gasteiger partial charge in [0.15, 0.2) is 16.4 Å². The number of rotatable bonds is 9. The molecule has 0 radical (unpaired) electrons. The number of carbonyl (C=O) groups excluding carboxylic acids is 2. The van der Waals surface area contributed by atoms with E-state index < -0.39 is 205 Å². The molecule has 0 fully saturated rings. The van der Waals surface area contributed by atoms with Crippen molar-refractivity contribution in [2.24, 2.45) is 0 Å². The summed E-state index contributed by atoms with van der Waals surface area (Å²) >= 11 is 0. The molecule has 3 nitrogen and oxygen atoms in total. The Balaban J connectivity index is 0.000000443. The van der Waals surface area contributed by atoms with Crippen LogP contribution in [0, 0.1) is 0 Å². The number of halogens is 24. The molecular formula is C49H29BF24O3S. The summed E-state index contributed by atoms with van der Waals surface area (Å²) in [7, 11) is -2.46. The van der Waals surface area contributed by atoms with Crippen molar-refractivity contribution in [2.45, 2.75) is 61.2 Å². The van der Waals surface area contributed by atoms with Gasteiger partial charge in [0, 0.05) is 11.1 Å². The number of carbonyl (C=O) groups is 2. The van der Waals surface area contributed by atoms with Gasteiger partial charge in [0.25, 0.3) is 0 Å². The van der Waals surface area contributed by atoms with E-state index in [1.165, 1.54) is 6.92 Å². The Labute approximate surface area is 424 Å². The number of Topliss-reactive ketones (excluding diaryl/α,β-unsaturated/α-hetero) is 2. The normalized spacial score (nSPS) is 14.1. The molecule has 29 heteroatoms. The largest absolute Gasteiger partial charge is 0.416 e. The maximum atomic E-state index is 14.2. The van der Waals surface area contributed by atoms with Crippen LogP contribution in [0.1, 0.15) is 72.1 Å². The van der Waals surface area contributed by atoms with Gasteiger partial charge in [-0.05, 0) is 55.5 Å². The van der Waals surface area contributed by atoms with E-state index in [9.17, 15) is 119 Å². The van der Waals surface area contributed by atoms with Crippen LogP contribution in [0.3, 0.4) is 0 Å². The molecule has 420 valence electrons. The molecular weight excluding hydrogens is 1140 g/mol. The van der Waals surface area contributed by atoms with Crippen LogP contribution >= 0.6 is 0 Å². The molecule has 0 saturated carbocycles. The van der Waals surface area contributed by atoms with Crippen molar-refractivity contribution in [3.05, 3.63) is 183 Å². The molecule has 6 aromatic rings. The van der Waals surface area contributed by atoms with E-state index in [0.29, 0.717) is 16.0 Å². The van der Waals surface area contributed by atoms with Crippen LogP contribution in [0.5, 0.6) is 0 Å². The molecule has 0 heterocycles. The van der Waals surface area contributed by atoms with Gasteiger partial charge in [0.2, 0.25) is 5.78 Å². The molecule has 0 spiro atoms. The minimum atomic E-state index is -6.13. The first-order valence-corrected chi connectivity index (χ1v) is 23.3. The lowest BCUT2D eigenvalue weighted by Gasteiger charge is -2.46. The van der Waals surface area contributed by atoms with Crippen molar-refractivity contribution in [2.75, 3.05) is 12.0 Å². The summed E-state index contributed by atoms with van der Waals surface area (Å²) < 4.78 is 354. The lowest BCUT2D eigenvalue weighted by molar-refractivity contribution is -0.144. The molecule has 6 aromatic carbocycles. The summed E-state index contributed by atoms with van der Waals surface area (Å²) in [5.74, 6) is -0.209. The maximum Gasteiger partial charge on any atom is 0.416 e. The van der Waals surface area contributed by atoms with Crippen LogP contribution in [0.4, 0.5) is 105 Å². The van der Waals surface area contributed by atoms with Crippen molar-refractivity contribution in [3.8, 4) is 0 Å². The summed E-state index contributed by atoms with van der Waals surface area (Å²) in [6.07, 6.45) is -53.2. The monoisotopic (exact) mass is 1160 g/mol. The average Bonchev–Trinajstić information content (AvgIpc) is 3.29. The van der Waals surface area contributed by atoms with Gasteiger partial charge in [-0.15, -0.1) is 0 Å². The van der Waals surface area contributed by atoms with E-state index in [4.69, 9.17) is 0 Å². The highest BCUT2D eigenvalue weighted by atomic mass is 32.2. The number of alkyl halides is 24. The lowest BCUT2D eigenvalue weighted by atomic mass is 9.12. The first-order valence-electron chi connectivity index (χ1n) is 21.2. The fourth-order valence-electron chi connectivity index (χ4n) is 8.09. The van der Waals surface area contributed by atoms with Gasteiger partial charge in [-0.3, -0.25) is 9.59 Å². The molecule has 0 amide bonds. The van der Waals surface area contributed by atoms with Gasteiger partial charge < -0.3 is 0 Å². The van der Waals surface area contributed by atoms with Crippen molar-refractivity contribution < 1.29 is 119 Å². The molecule has 6 rings (SSSR count). The van der Waals surface area contributed by atoms with Crippen LogP contribution in [0.2, 0.25) is 0 Å². The topological polar surface area (TPSA) is 51.2 Å². The average molecular weight is 1160 g/mol. The molecule has 0 N–H and O–H groups in total. The fourth-order valence-corrected chi connectivity index (χ4v) is 9.63. The summed E-state index contributed by atoms with van der Waals surface area (Å²) in [6, 6.07) is 6.65. The van der Waals surface area contributed by atoms with Crippen LogP contribution < -0.4 is 21.9 Å². The molecule has 78 heavy (non-hydrogen) atoms. The van der Waals surface area contributed by atoms with Gasteiger partial charge in [-0.2, -0.15) is 127 Å². The van der Waals surface area contributed by atoms with E-state index in [0.717, 1.165) is 0 Å². The van der Waals surface area contributed by atoms with Crippen LogP contribution in [-0.2, 0) is 63.6 Å². The summed E-state index contributed by atoms with van der Waals surface area (Å²) in [6.45, 7) is 1.48. The van der Waals surface area contributed by atoms with Crippen molar-refractivity contribution in [1.29, 1.82) is 0 Å². The van der Waals surface area contributed by atoms with Crippen LogP contribution in [0.25, 0.3) is 0 Å². The minimum absolute atomic E-state index is 0.0313. The number of ketones is 2. The predicted octanol–water partition coefficient (Wildman–Crippen LogP) is 14.5. The van der Waals surface area contributed by atoms with E-state index in [2.05, 4.69) is 0 Å². The number of hydrogen-bond donors (Lipinski definition) is 0. The van der Waals surface area contributed by atoms with Gasteiger partial charge in [-0.25, -0.2) is 0 Å². The molecule has 0 aliphatic heterocycles. The SMILES string of the molecule is CC(=O)c1ccc([S+](C)(=O)CC(=O)c2ccccc2)cc1.FC(F)(F)c1cc([B-](c2cc(C(F)(F)F)cc(C(F)(F)F)c2)(c2cc(C(F)(F)F)cc(C(F)(F)F)c2)c2cc(C(F)(F)F)cc(C(F)(F)F)c2)cc(C(F)(F)F)c1. The molecule has 1 unspecified atom stereocenters. The number of benzene rings is 6. The fraction of sp³-hybridized carbons (Fsp3) is 0.224. The highest BCUT2D eigenvalue weighted by molar-refractivity contribution is 8.03. The Kier molecular flexibility index (Phi) is 16.8. The standard InChI is InChI=1S/C32H12BF24.C17H17O3S/c34-25(35,36)13-1-14(26(37,38)39)6-21(5-13)33(22-7-15(27(40,41)42)2-16(8-22)28(43,44)45,23-9-17(29(46,47)48)3-18(10-23)30(49,50)51)24-11-19(31(52,53)54)4-20(12-24)32(55,56)57;1-13(18)14-8-10-16(11-9-14)21(2,20)12-17(19)15-6-4-3-5-7-15/h1-12H;3-11H,12H2,1-2H3/q-1;+1. The van der Waals surface area contributed by atoms with Gasteiger partial charge in [-0.1, -0.05) is 83.1 Å². The third-order valence-corrected chi connectivity index (χ3v) is 13.8. The van der Waals surface area contributed by atoms with E-state index in [-0.39, 0.29) is 17.3 Å². The van der Waals surface area contributed by atoms with Crippen molar-refractivity contribution in [3.63, 3.8) is 0 Å². The quantitative estimate of drug-likeness (QED) is 0.0627. The first-order chi connectivity index (χ1) is 35.2. The Morgan fingerprint density at radius 3 is 0.795 bits per heavy atom. The second-order valence-electron chi connectivity index (χ2n) is 17.2. The minimum Gasteiger partial charge on any atom is -0.295 e. The molecule has 0 bridgehead atoms. The smallest absolute Gasteiger partial charge is 0.295 e. The maximum absolute atomic E-state index is 14.2. The Bertz CT molecular complexity index is 2800. The lowest BCUT2D eigenvalue weighted by Crippen LogP contribution is -2.75. The van der Waals surface area contributed by atoms with Crippen LogP contribution in [-0.4, -0.2) is 29.7 Å². The molecule has 0 aliphatic carbocycles. The summed E-state index contributed by atoms with van der Waals surface area (Å²) in [5, 5.41) is 0. The third kappa shape index (κ3) is 14.3.